The van der Waals surface area contributed by atoms with Gasteiger partial charge in [0.05, 0.1) is 21.7 Å². The molecule has 3 amide bonds. The molecule has 1 heterocycles. The maximum Gasteiger partial charge on any atom is 0.321 e. The Morgan fingerprint density at radius 1 is 1.19 bits per heavy atom. The van der Waals surface area contributed by atoms with Gasteiger partial charge >= 0.3 is 6.03 Å². The molecule has 0 saturated carbocycles. The average molecular weight is 470 g/mol. The lowest BCUT2D eigenvalue weighted by Crippen LogP contribution is -2.41. The maximum absolute atomic E-state index is 12.8. The van der Waals surface area contributed by atoms with Gasteiger partial charge in [0.2, 0.25) is 15.9 Å². The largest absolute Gasteiger partial charge is 0.338 e. The zero-order valence-corrected chi connectivity index (χ0v) is 20.3. The fraction of sp³-hybridized carbons (Fsp3) is 0.550. The smallest absolute Gasteiger partial charge is 0.321 e. The summed E-state index contributed by atoms with van der Waals surface area (Å²) in [7, 11) is -3.59. The first kappa shape index (κ1) is 25.2. The van der Waals surface area contributed by atoms with Gasteiger partial charge in [-0.05, 0) is 31.0 Å². The monoisotopic (exact) mass is 469 g/mol. The van der Waals surface area contributed by atoms with Crippen LogP contribution in [0.1, 0.15) is 34.6 Å². The summed E-state index contributed by atoms with van der Waals surface area (Å²) >= 11 is 1.20. The van der Waals surface area contributed by atoms with Crippen LogP contribution in [0.15, 0.2) is 28.3 Å². The van der Waals surface area contributed by atoms with Crippen molar-refractivity contribution in [1.29, 1.82) is 0 Å². The molecule has 0 atom stereocenters. The van der Waals surface area contributed by atoms with Crippen LogP contribution in [0.25, 0.3) is 11.0 Å². The third kappa shape index (κ3) is 6.20. The van der Waals surface area contributed by atoms with E-state index in [1.165, 1.54) is 16.1 Å². The number of hydrogen-bond acceptors (Lipinski definition) is 6. The second kappa shape index (κ2) is 11.0. The molecule has 2 rings (SSSR count). The Morgan fingerprint density at radius 3 is 2.45 bits per heavy atom. The Bertz CT molecular complexity index is 1030. The molecule has 0 saturated heterocycles. The number of sulfonamides is 1. The van der Waals surface area contributed by atoms with E-state index >= 15 is 0 Å². The molecular weight excluding hydrogens is 438 g/mol. The highest BCUT2D eigenvalue weighted by atomic mass is 32.2. The number of nitrogens with zero attached hydrogens (tertiary/aromatic N) is 3. The van der Waals surface area contributed by atoms with E-state index in [0.717, 1.165) is 5.52 Å². The van der Waals surface area contributed by atoms with Crippen LogP contribution in [0.3, 0.4) is 0 Å². The number of urea groups is 1. The molecule has 0 bridgehead atoms. The second-order valence-corrected chi connectivity index (χ2v) is 10.2. The Hall–Kier alpha value is -2.11. The van der Waals surface area contributed by atoms with Gasteiger partial charge in [0.1, 0.15) is 0 Å². The van der Waals surface area contributed by atoms with Crippen molar-refractivity contribution in [2.24, 2.45) is 5.92 Å². The zero-order valence-electron chi connectivity index (χ0n) is 18.6. The molecule has 1 aromatic heterocycles. The number of carbonyl (C=O) groups excluding carboxylic acids is 2. The second-order valence-electron chi connectivity index (χ2n) is 7.32. The average Bonchev–Trinajstić information content (AvgIpc) is 3.08. The number of nitrogens with one attached hydrogen (secondary N) is 2. The number of imidazole rings is 1. The standard InChI is InChI=1S/C20H31N5O4S2/c1-6-24(7-2)31(28,29)15-9-10-17-16(11-15)22-20(25(17)8-3)30-13-18(26)23-19(27)21-12-14(4)5/h9-11,14H,6-8,12-13H2,1-5H3,(H2,21,23,26,27). The first-order valence-corrected chi connectivity index (χ1v) is 12.8. The predicted molar refractivity (Wildman–Crippen MR) is 123 cm³/mol. The van der Waals surface area contributed by atoms with E-state index in [9.17, 15) is 18.0 Å². The number of rotatable bonds is 10. The molecule has 31 heavy (non-hydrogen) atoms. The number of thioether (sulfide) groups is 1. The van der Waals surface area contributed by atoms with Crippen LogP contribution in [0.5, 0.6) is 0 Å². The number of fused-ring (bicyclic) bond motifs is 1. The minimum Gasteiger partial charge on any atom is -0.338 e. The van der Waals surface area contributed by atoms with E-state index in [-0.39, 0.29) is 16.6 Å². The molecule has 0 aliphatic rings. The van der Waals surface area contributed by atoms with Gasteiger partial charge in [0.15, 0.2) is 5.16 Å². The minimum absolute atomic E-state index is 0.0169. The highest BCUT2D eigenvalue weighted by molar-refractivity contribution is 7.99. The molecule has 0 fully saturated rings. The molecule has 2 N–H and O–H groups in total. The van der Waals surface area contributed by atoms with E-state index in [1.807, 2.05) is 25.3 Å². The molecule has 2 aromatic rings. The van der Waals surface area contributed by atoms with Gasteiger partial charge < -0.3 is 9.88 Å². The van der Waals surface area contributed by atoms with Gasteiger partial charge in [-0.15, -0.1) is 0 Å². The third-order valence-corrected chi connectivity index (χ3v) is 7.62. The quantitative estimate of drug-likeness (QED) is 0.517. The molecule has 0 aliphatic heterocycles. The SMILES string of the molecule is CCN(CC)S(=O)(=O)c1ccc2c(c1)nc(SCC(=O)NC(=O)NCC(C)C)n2CC. The van der Waals surface area contributed by atoms with Crippen LogP contribution < -0.4 is 10.6 Å². The highest BCUT2D eigenvalue weighted by Crippen LogP contribution is 2.27. The molecule has 0 spiro atoms. The van der Waals surface area contributed by atoms with E-state index in [0.29, 0.717) is 36.9 Å². The lowest BCUT2D eigenvalue weighted by molar-refractivity contribution is -0.117. The van der Waals surface area contributed by atoms with Crippen LogP contribution >= 0.6 is 11.8 Å². The lowest BCUT2D eigenvalue weighted by Gasteiger charge is -2.18. The third-order valence-electron chi connectivity index (χ3n) is 4.60. The number of hydrogen-bond donors (Lipinski definition) is 2. The van der Waals surface area contributed by atoms with Crippen LogP contribution in [0.2, 0.25) is 0 Å². The van der Waals surface area contributed by atoms with Crippen molar-refractivity contribution in [2.75, 3.05) is 25.4 Å². The molecule has 0 unspecified atom stereocenters. The summed E-state index contributed by atoms with van der Waals surface area (Å²) in [4.78, 5) is 28.6. The Balaban J connectivity index is 2.18. The molecule has 0 aliphatic carbocycles. The summed E-state index contributed by atoms with van der Waals surface area (Å²) in [6.07, 6.45) is 0. The van der Waals surface area contributed by atoms with E-state index < -0.39 is 22.0 Å². The number of aryl methyl sites for hydroxylation is 1. The van der Waals surface area contributed by atoms with Crippen molar-refractivity contribution in [3.05, 3.63) is 18.2 Å². The van der Waals surface area contributed by atoms with Crippen molar-refractivity contribution in [3.63, 3.8) is 0 Å². The number of imide groups is 1. The van der Waals surface area contributed by atoms with Crippen molar-refractivity contribution in [2.45, 2.75) is 51.2 Å². The van der Waals surface area contributed by atoms with Gasteiger partial charge in [-0.2, -0.15) is 4.31 Å². The first-order valence-electron chi connectivity index (χ1n) is 10.3. The Labute approximate surface area is 188 Å². The van der Waals surface area contributed by atoms with Gasteiger partial charge in [-0.25, -0.2) is 18.2 Å². The Morgan fingerprint density at radius 2 is 1.87 bits per heavy atom. The summed E-state index contributed by atoms with van der Waals surface area (Å²) in [5.74, 6) is -0.121. The fourth-order valence-corrected chi connectivity index (χ4v) is 5.37. The van der Waals surface area contributed by atoms with Crippen molar-refractivity contribution < 1.29 is 18.0 Å². The molecule has 1 aromatic carbocycles. The Kier molecular flexibility index (Phi) is 8.90. The predicted octanol–water partition coefficient (Wildman–Crippen LogP) is 2.66. The molecular formula is C20H31N5O4S2. The zero-order chi connectivity index (χ0) is 23.2. The minimum atomic E-state index is -3.59. The van der Waals surface area contributed by atoms with Crippen LogP contribution in [0, 0.1) is 5.92 Å². The summed E-state index contributed by atoms with van der Waals surface area (Å²) in [6, 6.07) is 4.38. The number of aromatic nitrogens is 2. The fourth-order valence-electron chi connectivity index (χ4n) is 3.01. The van der Waals surface area contributed by atoms with E-state index in [2.05, 4.69) is 15.6 Å². The summed E-state index contributed by atoms with van der Waals surface area (Å²) in [5.41, 5.74) is 1.34. The van der Waals surface area contributed by atoms with E-state index in [1.54, 1.807) is 32.0 Å². The summed E-state index contributed by atoms with van der Waals surface area (Å²) in [6.45, 7) is 11.3. The van der Waals surface area contributed by atoms with Crippen LogP contribution in [0.4, 0.5) is 4.79 Å². The van der Waals surface area contributed by atoms with Crippen molar-refractivity contribution in [3.8, 4) is 0 Å². The molecule has 11 heteroatoms. The summed E-state index contributed by atoms with van der Waals surface area (Å²) in [5, 5.41) is 5.52. The topological polar surface area (TPSA) is 113 Å². The van der Waals surface area contributed by atoms with Gasteiger partial charge in [0, 0.05) is 26.2 Å². The van der Waals surface area contributed by atoms with Crippen molar-refractivity contribution in [1.82, 2.24) is 24.5 Å². The van der Waals surface area contributed by atoms with E-state index in [4.69, 9.17) is 0 Å². The number of benzene rings is 1. The highest BCUT2D eigenvalue weighted by Gasteiger charge is 2.23. The number of carbonyl (C=O) groups is 2. The van der Waals surface area contributed by atoms with Gasteiger partial charge in [0.25, 0.3) is 0 Å². The first-order chi connectivity index (χ1) is 14.6. The van der Waals surface area contributed by atoms with Crippen molar-refractivity contribution >= 4 is 44.8 Å². The van der Waals surface area contributed by atoms with Crippen LogP contribution in [-0.2, 0) is 21.4 Å². The summed E-state index contributed by atoms with van der Waals surface area (Å²) < 4.78 is 28.9. The normalized spacial score (nSPS) is 12.0. The molecule has 9 nitrogen and oxygen atoms in total. The maximum atomic E-state index is 12.8. The lowest BCUT2D eigenvalue weighted by atomic mass is 10.2. The molecule has 172 valence electrons. The molecule has 0 radical (unpaired) electrons. The van der Waals surface area contributed by atoms with Gasteiger partial charge in [-0.3, -0.25) is 10.1 Å². The van der Waals surface area contributed by atoms with Gasteiger partial charge in [-0.1, -0.05) is 39.5 Å². The van der Waals surface area contributed by atoms with Crippen LogP contribution in [-0.4, -0.2) is 59.6 Å². The number of amides is 3.